The van der Waals surface area contributed by atoms with Gasteiger partial charge < -0.3 is 5.32 Å². The summed E-state index contributed by atoms with van der Waals surface area (Å²) in [7, 11) is 0. The molecule has 0 radical (unpaired) electrons. The number of hydrogen-bond acceptors (Lipinski definition) is 3. The number of aryl methyl sites for hydroxylation is 1. The molecular formula is C12H23ClN4. The van der Waals surface area contributed by atoms with Crippen molar-refractivity contribution in [2.24, 2.45) is 0 Å². The molecule has 98 valence electrons. The van der Waals surface area contributed by atoms with Crippen molar-refractivity contribution in [3.8, 4) is 0 Å². The largest absolute Gasteiger partial charge is 0.305 e. The number of halogens is 1. The molecule has 1 heterocycles. The van der Waals surface area contributed by atoms with E-state index >= 15 is 0 Å². The van der Waals surface area contributed by atoms with Crippen molar-refractivity contribution in [1.29, 1.82) is 0 Å². The highest BCUT2D eigenvalue weighted by Crippen LogP contribution is 2.15. The van der Waals surface area contributed by atoms with E-state index in [0.717, 1.165) is 38.2 Å². The Morgan fingerprint density at radius 2 is 2.24 bits per heavy atom. The lowest BCUT2D eigenvalue weighted by Gasteiger charge is -2.28. The molecule has 0 bridgehead atoms. The third-order valence-electron chi connectivity index (χ3n) is 3.23. The fourth-order valence-corrected chi connectivity index (χ4v) is 2.13. The molecule has 1 aromatic heterocycles. The summed E-state index contributed by atoms with van der Waals surface area (Å²) < 4.78 is 1.96. The minimum Gasteiger partial charge on any atom is -0.305 e. The normalized spacial score (nSPS) is 14.8. The van der Waals surface area contributed by atoms with Crippen molar-refractivity contribution in [1.82, 2.24) is 20.1 Å². The Balaban J connectivity index is 2.56. The molecular weight excluding hydrogens is 236 g/mol. The van der Waals surface area contributed by atoms with Gasteiger partial charge in [-0.1, -0.05) is 13.8 Å². The van der Waals surface area contributed by atoms with Crippen molar-refractivity contribution < 1.29 is 0 Å². The van der Waals surface area contributed by atoms with E-state index in [-0.39, 0.29) is 5.54 Å². The molecule has 0 aliphatic carbocycles. The van der Waals surface area contributed by atoms with Crippen LogP contribution in [-0.4, -0.2) is 26.2 Å². The fourth-order valence-electron chi connectivity index (χ4n) is 1.71. The van der Waals surface area contributed by atoms with E-state index in [0.29, 0.717) is 5.88 Å². The number of hydrogen-bond donors (Lipinski definition) is 1. The van der Waals surface area contributed by atoms with E-state index in [1.807, 2.05) is 4.68 Å². The van der Waals surface area contributed by atoms with Crippen LogP contribution in [0, 0.1) is 0 Å². The summed E-state index contributed by atoms with van der Waals surface area (Å²) in [5.41, 5.74) is 0.0880. The average molecular weight is 259 g/mol. The zero-order chi connectivity index (χ0) is 12.7. The summed E-state index contributed by atoms with van der Waals surface area (Å²) in [5.74, 6) is 1.68. The van der Waals surface area contributed by atoms with Crippen molar-refractivity contribution in [2.45, 2.75) is 58.7 Å². The maximum Gasteiger partial charge on any atom is 0.140 e. The first-order valence-corrected chi connectivity index (χ1v) is 6.86. The lowest BCUT2D eigenvalue weighted by Crippen LogP contribution is -2.42. The number of aromatic nitrogens is 3. The predicted octanol–water partition coefficient (Wildman–Crippen LogP) is 2.58. The third-order valence-corrected chi connectivity index (χ3v) is 3.42. The van der Waals surface area contributed by atoms with Gasteiger partial charge in [0.05, 0.1) is 6.54 Å². The summed E-state index contributed by atoms with van der Waals surface area (Å²) in [4.78, 5) is 4.29. The molecule has 5 heteroatoms. The lowest BCUT2D eigenvalue weighted by molar-refractivity contribution is 0.323. The lowest BCUT2D eigenvalue weighted by atomic mass is 9.95. The highest BCUT2D eigenvalue weighted by molar-refractivity contribution is 6.17. The first-order chi connectivity index (χ1) is 8.15. The zero-order valence-electron chi connectivity index (χ0n) is 11.0. The van der Waals surface area contributed by atoms with E-state index < -0.39 is 0 Å². The molecule has 0 amide bonds. The number of alkyl halides is 1. The van der Waals surface area contributed by atoms with E-state index in [9.17, 15) is 0 Å². The minimum atomic E-state index is 0.0880. The molecule has 0 aromatic carbocycles. The van der Waals surface area contributed by atoms with Crippen LogP contribution in [0.2, 0.25) is 0 Å². The Morgan fingerprint density at radius 1 is 1.47 bits per heavy atom. The summed E-state index contributed by atoms with van der Waals surface area (Å²) in [6, 6.07) is 0. The monoisotopic (exact) mass is 258 g/mol. The highest BCUT2D eigenvalue weighted by atomic mass is 35.5. The molecule has 0 saturated carbocycles. The summed E-state index contributed by atoms with van der Waals surface area (Å²) in [6.45, 7) is 8.20. The summed E-state index contributed by atoms with van der Waals surface area (Å²) >= 11 is 5.83. The van der Waals surface area contributed by atoms with E-state index in [1.165, 1.54) is 0 Å². The van der Waals surface area contributed by atoms with Gasteiger partial charge in [-0.3, -0.25) is 0 Å². The average Bonchev–Trinajstić information content (AvgIpc) is 2.75. The molecule has 0 fully saturated rings. The van der Waals surface area contributed by atoms with Gasteiger partial charge in [0.1, 0.15) is 12.2 Å². The summed E-state index contributed by atoms with van der Waals surface area (Å²) in [6.07, 6.45) is 4.72. The second-order valence-corrected chi connectivity index (χ2v) is 4.98. The molecule has 1 unspecified atom stereocenters. The quantitative estimate of drug-likeness (QED) is 0.729. The third kappa shape index (κ3) is 4.28. The Kier molecular flexibility index (Phi) is 5.92. The van der Waals surface area contributed by atoms with Crippen molar-refractivity contribution >= 4 is 11.6 Å². The molecule has 4 nitrogen and oxygen atoms in total. The van der Waals surface area contributed by atoms with Crippen molar-refractivity contribution in [3.63, 3.8) is 0 Å². The predicted molar refractivity (Wildman–Crippen MR) is 71.2 cm³/mol. The van der Waals surface area contributed by atoms with Crippen LogP contribution in [0.3, 0.4) is 0 Å². The van der Waals surface area contributed by atoms with Crippen LogP contribution >= 0.6 is 11.6 Å². The molecule has 0 saturated heterocycles. The van der Waals surface area contributed by atoms with Crippen LogP contribution in [0.25, 0.3) is 0 Å². The first kappa shape index (κ1) is 14.5. The maximum absolute atomic E-state index is 5.83. The molecule has 1 aromatic rings. The molecule has 1 rings (SSSR count). The molecule has 0 spiro atoms. The van der Waals surface area contributed by atoms with Crippen LogP contribution in [-0.2, 0) is 13.1 Å². The zero-order valence-corrected chi connectivity index (χ0v) is 11.8. The molecule has 1 atom stereocenters. The van der Waals surface area contributed by atoms with Crippen molar-refractivity contribution in [2.75, 3.05) is 5.88 Å². The van der Waals surface area contributed by atoms with Gasteiger partial charge in [0, 0.05) is 18.0 Å². The van der Waals surface area contributed by atoms with Gasteiger partial charge in [0.25, 0.3) is 0 Å². The van der Waals surface area contributed by atoms with Crippen LogP contribution in [0.5, 0.6) is 0 Å². The fraction of sp³-hybridized carbons (Fsp3) is 0.833. The van der Waals surface area contributed by atoms with Gasteiger partial charge in [-0.15, -0.1) is 11.6 Å². The second kappa shape index (κ2) is 6.97. The molecule has 0 aliphatic heterocycles. The molecule has 17 heavy (non-hydrogen) atoms. The van der Waals surface area contributed by atoms with E-state index in [1.54, 1.807) is 6.33 Å². The standard InChI is InChI=1S/C12H23ClN4/c1-4-8-17-11(14-10-16-17)9-15-12(3,5-2)6-7-13/h10,15H,4-9H2,1-3H3. The molecule has 1 N–H and O–H groups in total. The van der Waals surface area contributed by atoms with E-state index in [2.05, 4.69) is 36.2 Å². The van der Waals surface area contributed by atoms with Gasteiger partial charge in [0.2, 0.25) is 0 Å². The van der Waals surface area contributed by atoms with Crippen LogP contribution in [0.1, 0.15) is 45.9 Å². The van der Waals surface area contributed by atoms with Gasteiger partial charge >= 0.3 is 0 Å². The van der Waals surface area contributed by atoms with Gasteiger partial charge in [0.15, 0.2) is 0 Å². The number of nitrogens with zero attached hydrogens (tertiary/aromatic N) is 3. The smallest absolute Gasteiger partial charge is 0.140 e. The number of nitrogens with one attached hydrogen (secondary N) is 1. The Hall–Kier alpha value is -0.610. The first-order valence-electron chi connectivity index (χ1n) is 6.33. The van der Waals surface area contributed by atoms with Crippen molar-refractivity contribution in [3.05, 3.63) is 12.2 Å². The Labute approximate surface area is 109 Å². The second-order valence-electron chi connectivity index (χ2n) is 4.61. The van der Waals surface area contributed by atoms with Crippen LogP contribution in [0.15, 0.2) is 6.33 Å². The van der Waals surface area contributed by atoms with Gasteiger partial charge in [-0.25, -0.2) is 9.67 Å². The van der Waals surface area contributed by atoms with E-state index in [4.69, 9.17) is 11.6 Å². The van der Waals surface area contributed by atoms with Gasteiger partial charge in [-0.05, 0) is 26.2 Å². The minimum absolute atomic E-state index is 0.0880. The SMILES string of the molecule is CCCn1ncnc1CNC(C)(CC)CCCl. The molecule has 0 aliphatic rings. The Bertz CT molecular complexity index is 326. The van der Waals surface area contributed by atoms with Crippen LogP contribution in [0.4, 0.5) is 0 Å². The maximum atomic E-state index is 5.83. The number of rotatable bonds is 8. The summed E-state index contributed by atoms with van der Waals surface area (Å²) in [5, 5.41) is 7.76. The highest BCUT2D eigenvalue weighted by Gasteiger charge is 2.21. The Morgan fingerprint density at radius 3 is 2.82 bits per heavy atom. The van der Waals surface area contributed by atoms with Crippen LogP contribution < -0.4 is 5.32 Å². The van der Waals surface area contributed by atoms with Gasteiger partial charge in [-0.2, -0.15) is 5.10 Å². The topological polar surface area (TPSA) is 42.7 Å².